The molecular weight excluding hydrogens is 216 g/mol. The summed E-state index contributed by atoms with van der Waals surface area (Å²) in [5.74, 6) is 2.61. The lowest BCUT2D eigenvalue weighted by Crippen LogP contribution is -2.28. The molecule has 0 heteroatoms. The predicted molar refractivity (Wildman–Crippen MR) is 84.6 cm³/mol. The van der Waals surface area contributed by atoms with Crippen LogP contribution in [0.4, 0.5) is 0 Å². The van der Waals surface area contributed by atoms with Crippen molar-refractivity contribution in [1.82, 2.24) is 0 Å². The van der Waals surface area contributed by atoms with E-state index in [1.165, 1.54) is 44.9 Å². The third kappa shape index (κ3) is 6.25. The number of hydrogen-bond donors (Lipinski definition) is 0. The van der Waals surface area contributed by atoms with E-state index in [1.54, 1.807) is 0 Å². The Kier molecular flexibility index (Phi) is 8.99. The highest BCUT2D eigenvalue weighted by atomic mass is 14.3. The first-order valence-corrected chi connectivity index (χ1v) is 8.25. The van der Waals surface area contributed by atoms with Gasteiger partial charge in [-0.05, 0) is 36.5 Å². The first-order valence-electron chi connectivity index (χ1n) is 8.25. The average molecular weight is 253 g/mol. The van der Waals surface area contributed by atoms with Crippen molar-refractivity contribution in [3.63, 3.8) is 0 Å². The second-order valence-electron chi connectivity index (χ2n) is 6.81. The van der Waals surface area contributed by atoms with Crippen molar-refractivity contribution < 1.29 is 0 Å². The third-order valence-electron chi connectivity index (χ3n) is 4.77. The van der Waals surface area contributed by atoms with Crippen LogP contribution in [0.25, 0.3) is 0 Å². The maximum absolute atomic E-state index is 4.41. The molecule has 0 aromatic heterocycles. The van der Waals surface area contributed by atoms with E-state index in [0.717, 1.165) is 17.8 Å². The van der Waals surface area contributed by atoms with Gasteiger partial charge in [0.15, 0.2) is 0 Å². The molecule has 0 saturated heterocycles. The fourth-order valence-electron chi connectivity index (χ4n) is 3.59. The van der Waals surface area contributed by atoms with Crippen molar-refractivity contribution in [2.24, 2.45) is 23.2 Å². The van der Waals surface area contributed by atoms with Gasteiger partial charge in [-0.3, -0.25) is 0 Å². The van der Waals surface area contributed by atoms with Gasteiger partial charge in [-0.1, -0.05) is 80.1 Å². The van der Waals surface area contributed by atoms with E-state index in [1.807, 2.05) is 0 Å². The Balaban J connectivity index is 4.53. The molecule has 0 heterocycles. The molecule has 18 heavy (non-hydrogen) atoms. The number of rotatable bonds is 10. The van der Waals surface area contributed by atoms with Crippen LogP contribution in [-0.2, 0) is 0 Å². The average Bonchev–Trinajstić information content (AvgIpc) is 2.29. The highest BCUT2D eigenvalue weighted by Crippen LogP contribution is 2.39. The standard InChI is InChI=1S/C18H37/c1-8-12-16(14-13-15(9-2)10-3)17(11-4)18(5,6)7/h15-17H,5,8-14H2,1-4,6-7H3. The summed E-state index contributed by atoms with van der Waals surface area (Å²) < 4.78 is 0. The molecule has 0 fully saturated rings. The van der Waals surface area contributed by atoms with Gasteiger partial charge in [0.05, 0.1) is 0 Å². The normalized spacial score (nSPS) is 16.0. The molecular formula is C18H37. The minimum absolute atomic E-state index is 0.225. The predicted octanol–water partition coefficient (Wildman–Crippen LogP) is 6.51. The van der Waals surface area contributed by atoms with Crippen LogP contribution in [-0.4, -0.2) is 0 Å². The minimum atomic E-state index is 0.225. The maximum Gasteiger partial charge on any atom is -0.0323 e. The van der Waals surface area contributed by atoms with Crippen molar-refractivity contribution >= 4 is 0 Å². The SMILES string of the molecule is [CH2]C(C)(C)C(CC)C(CCC)CCC(CC)CC. The van der Waals surface area contributed by atoms with E-state index in [-0.39, 0.29) is 5.41 Å². The van der Waals surface area contributed by atoms with Gasteiger partial charge in [-0.15, -0.1) is 0 Å². The first-order chi connectivity index (χ1) is 8.40. The van der Waals surface area contributed by atoms with Gasteiger partial charge in [-0.25, -0.2) is 0 Å². The summed E-state index contributed by atoms with van der Waals surface area (Å²) in [5, 5.41) is 0. The van der Waals surface area contributed by atoms with Crippen LogP contribution >= 0.6 is 0 Å². The zero-order chi connectivity index (χ0) is 14.2. The Labute approximate surface area is 117 Å². The molecule has 0 saturated carbocycles. The lowest BCUT2D eigenvalue weighted by molar-refractivity contribution is 0.150. The molecule has 0 nitrogen and oxygen atoms in total. The topological polar surface area (TPSA) is 0 Å². The molecule has 0 aliphatic carbocycles. The molecule has 109 valence electrons. The molecule has 0 bridgehead atoms. The second kappa shape index (κ2) is 8.99. The van der Waals surface area contributed by atoms with Crippen LogP contribution in [0, 0.1) is 30.1 Å². The Morgan fingerprint density at radius 2 is 1.39 bits per heavy atom. The molecule has 0 aromatic rings. The van der Waals surface area contributed by atoms with Gasteiger partial charge in [0.2, 0.25) is 0 Å². The lowest BCUT2D eigenvalue weighted by atomic mass is 9.68. The molecule has 2 atom stereocenters. The highest BCUT2D eigenvalue weighted by molar-refractivity contribution is 4.84. The summed E-state index contributed by atoms with van der Waals surface area (Å²) in [7, 11) is 0. The summed E-state index contributed by atoms with van der Waals surface area (Å²) in [6, 6.07) is 0. The molecule has 1 radical (unpaired) electrons. The van der Waals surface area contributed by atoms with Crippen molar-refractivity contribution in [2.45, 2.75) is 86.5 Å². The van der Waals surface area contributed by atoms with Gasteiger partial charge in [0.1, 0.15) is 0 Å². The summed E-state index contributed by atoms with van der Waals surface area (Å²) in [6.45, 7) is 18.4. The lowest BCUT2D eigenvalue weighted by Gasteiger charge is -2.37. The minimum Gasteiger partial charge on any atom is -0.0654 e. The largest absolute Gasteiger partial charge is 0.0654 e. The van der Waals surface area contributed by atoms with E-state index >= 15 is 0 Å². The quantitative estimate of drug-likeness (QED) is 0.416. The summed E-state index contributed by atoms with van der Waals surface area (Å²) >= 11 is 0. The Morgan fingerprint density at radius 1 is 0.833 bits per heavy atom. The van der Waals surface area contributed by atoms with Crippen LogP contribution in [0.3, 0.4) is 0 Å². The number of hydrogen-bond acceptors (Lipinski definition) is 0. The molecule has 0 aliphatic heterocycles. The van der Waals surface area contributed by atoms with Crippen LogP contribution < -0.4 is 0 Å². The van der Waals surface area contributed by atoms with E-state index in [2.05, 4.69) is 48.5 Å². The molecule has 0 rings (SSSR count). The van der Waals surface area contributed by atoms with Gasteiger partial charge in [0.25, 0.3) is 0 Å². The Bertz CT molecular complexity index is 183. The molecule has 0 aliphatic rings. The Morgan fingerprint density at radius 3 is 1.72 bits per heavy atom. The van der Waals surface area contributed by atoms with Gasteiger partial charge in [0, 0.05) is 0 Å². The van der Waals surface area contributed by atoms with Crippen molar-refractivity contribution in [3.05, 3.63) is 6.92 Å². The van der Waals surface area contributed by atoms with E-state index in [4.69, 9.17) is 0 Å². The zero-order valence-electron chi connectivity index (χ0n) is 13.9. The van der Waals surface area contributed by atoms with Crippen LogP contribution in [0.15, 0.2) is 0 Å². The molecule has 0 aromatic carbocycles. The van der Waals surface area contributed by atoms with Gasteiger partial charge >= 0.3 is 0 Å². The fraction of sp³-hybridized carbons (Fsp3) is 0.944. The summed E-state index contributed by atoms with van der Waals surface area (Å²) in [6.07, 6.45) is 9.52. The first kappa shape index (κ1) is 18.0. The monoisotopic (exact) mass is 253 g/mol. The Hall–Kier alpha value is 0. The van der Waals surface area contributed by atoms with E-state index < -0.39 is 0 Å². The maximum atomic E-state index is 4.41. The molecule has 2 unspecified atom stereocenters. The zero-order valence-corrected chi connectivity index (χ0v) is 13.9. The summed E-state index contributed by atoms with van der Waals surface area (Å²) in [5.41, 5.74) is 0.225. The van der Waals surface area contributed by atoms with Crippen LogP contribution in [0.5, 0.6) is 0 Å². The molecule has 0 N–H and O–H groups in total. The summed E-state index contributed by atoms with van der Waals surface area (Å²) in [4.78, 5) is 0. The van der Waals surface area contributed by atoms with E-state index in [0.29, 0.717) is 0 Å². The van der Waals surface area contributed by atoms with Gasteiger partial charge in [-0.2, -0.15) is 0 Å². The van der Waals surface area contributed by atoms with Crippen molar-refractivity contribution in [3.8, 4) is 0 Å². The van der Waals surface area contributed by atoms with Crippen LogP contribution in [0.1, 0.15) is 86.5 Å². The second-order valence-corrected chi connectivity index (χ2v) is 6.81. The molecule has 0 amide bonds. The van der Waals surface area contributed by atoms with E-state index in [9.17, 15) is 0 Å². The van der Waals surface area contributed by atoms with Crippen molar-refractivity contribution in [2.75, 3.05) is 0 Å². The van der Waals surface area contributed by atoms with Crippen LogP contribution in [0.2, 0.25) is 0 Å². The smallest absolute Gasteiger partial charge is 0.0323 e. The van der Waals surface area contributed by atoms with Gasteiger partial charge < -0.3 is 0 Å². The third-order valence-corrected chi connectivity index (χ3v) is 4.77. The fourth-order valence-corrected chi connectivity index (χ4v) is 3.59. The molecule has 0 spiro atoms. The van der Waals surface area contributed by atoms with Crippen molar-refractivity contribution in [1.29, 1.82) is 0 Å². The highest BCUT2D eigenvalue weighted by Gasteiger charge is 2.30.